The number of ether oxygens (including phenoxy) is 2. The molecule has 0 aliphatic carbocycles. The van der Waals surface area contributed by atoms with Gasteiger partial charge < -0.3 is 9.47 Å². The molecule has 0 saturated carbocycles. The lowest BCUT2D eigenvalue weighted by molar-refractivity contribution is -0.145. The zero-order valence-corrected chi connectivity index (χ0v) is 13.2. The van der Waals surface area contributed by atoms with Gasteiger partial charge in [0.05, 0.1) is 25.4 Å². The van der Waals surface area contributed by atoms with Crippen molar-refractivity contribution >= 4 is 29.6 Å². The van der Waals surface area contributed by atoms with E-state index in [2.05, 4.69) is 0 Å². The second-order valence-corrected chi connectivity index (χ2v) is 5.05. The summed E-state index contributed by atoms with van der Waals surface area (Å²) < 4.78 is 9.60. The molecular formula is C17H19NO5. The molecule has 1 heterocycles. The number of esters is 1. The van der Waals surface area contributed by atoms with Crippen molar-refractivity contribution in [1.82, 2.24) is 0 Å². The Balaban J connectivity index is 2.16. The molecule has 6 heteroatoms. The van der Waals surface area contributed by atoms with Crippen molar-refractivity contribution in [3.8, 4) is 0 Å². The minimum Gasteiger partial charge on any atom is -0.466 e. The molecule has 1 amide bonds. The van der Waals surface area contributed by atoms with Crippen molar-refractivity contribution in [2.75, 3.05) is 18.6 Å². The number of amides is 1. The summed E-state index contributed by atoms with van der Waals surface area (Å²) in [5, 5.41) is 0. The number of nitrogens with zero attached hydrogens (tertiary/aromatic N) is 1. The lowest BCUT2D eigenvalue weighted by Crippen LogP contribution is -2.42. The third kappa shape index (κ3) is 3.97. The van der Waals surface area contributed by atoms with Gasteiger partial charge in [-0.25, -0.2) is 4.79 Å². The summed E-state index contributed by atoms with van der Waals surface area (Å²) in [5.41, 5.74) is 1.54. The van der Waals surface area contributed by atoms with E-state index in [1.54, 1.807) is 19.1 Å². The number of methoxy groups -OCH3 is 1. The minimum atomic E-state index is -0.553. The van der Waals surface area contributed by atoms with Crippen molar-refractivity contribution < 1.29 is 23.9 Å². The quantitative estimate of drug-likeness (QED) is 0.616. The Morgan fingerprint density at radius 1 is 1.22 bits per heavy atom. The Bertz CT molecular complexity index is 638. The van der Waals surface area contributed by atoms with Gasteiger partial charge in [0, 0.05) is 6.42 Å². The van der Waals surface area contributed by atoms with Crippen LogP contribution in [0.5, 0.6) is 0 Å². The number of benzene rings is 1. The molecule has 2 rings (SSSR count). The van der Waals surface area contributed by atoms with Gasteiger partial charge in [-0.1, -0.05) is 30.4 Å². The fraction of sp³-hybridized carbons (Fsp3) is 0.353. The Hall–Kier alpha value is -2.63. The second-order valence-electron chi connectivity index (χ2n) is 5.05. The van der Waals surface area contributed by atoms with E-state index in [0.29, 0.717) is 5.69 Å². The first-order valence-electron chi connectivity index (χ1n) is 7.38. The Kier molecular flexibility index (Phi) is 5.51. The largest absolute Gasteiger partial charge is 0.466 e. The van der Waals surface area contributed by atoms with Crippen LogP contribution in [0.15, 0.2) is 30.3 Å². The van der Waals surface area contributed by atoms with Crippen LogP contribution in [0.3, 0.4) is 0 Å². The molecule has 0 bridgehead atoms. The molecule has 0 fully saturated rings. The highest BCUT2D eigenvalue weighted by molar-refractivity contribution is 5.98. The predicted molar refractivity (Wildman–Crippen MR) is 85.0 cm³/mol. The fourth-order valence-corrected chi connectivity index (χ4v) is 2.50. The zero-order chi connectivity index (χ0) is 16.8. The van der Waals surface area contributed by atoms with Crippen molar-refractivity contribution in [2.45, 2.75) is 25.8 Å². The first kappa shape index (κ1) is 16.7. The average Bonchev–Trinajstić information content (AvgIpc) is 2.54. The fourth-order valence-electron chi connectivity index (χ4n) is 2.50. The van der Waals surface area contributed by atoms with Gasteiger partial charge in [0.1, 0.15) is 12.2 Å². The predicted octanol–water partition coefficient (Wildman–Crippen LogP) is 2.57. The summed E-state index contributed by atoms with van der Waals surface area (Å²) in [6.07, 6.45) is 2.81. The molecule has 1 atom stereocenters. The third-order valence-corrected chi connectivity index (χ3v) is 3.48. The molecule has 0 saturated heterocycles. The van der Waals surface area contributed by atoms with E-state index in [1.165, 1.54) is 12.0 Å². The van der Waals surface area contributed by atoms with Gasteiger partial charge in [0.25, 0.3) is 0 Å². The summed E-state index contributed by atoms with van der Waals surface area (Å²) >= 11 is 0. The van der Waals surface area contributed by atoms with E-state index in [9.17, 15) is 14.4 Å². The van der Waals surface area contributed by atoms with Crippen molar-refractivity contribution in [1.29, 1.82) is 0 Å². The zero-order valence-electron chi connectivity index (χ0n) is 13.2. The van der Waals surface area contributed by atoms with Crippen LogP contribution >= 0.6 is 0 Å². The first-order chi connectivity index (χ1) is 11.1. The number of rotatable bonds is 5. The van der Waals surface area contributed by atoms with E-state index in [4.69, 9.17) is 9.47 Å². The maximum absolute atomic E-state index is 12.1. The number of fused-ring (bicyclic) bond motifs is 1. The molecule has 1 aliphatic rings. The number of ketones is 1. The second kappa shape index (κ2) is 7.58. The summed E-state index contributed by atoms with van der Waals surface area (Å²) in [6.45, 7) is 1.92. The molecule has 23 heavy (non-hydrogen) atoms. The normalized spacial score (nSPS) is 15.7. The van der Waals surface area contributed by atoms with Gasteiger partial charge >= 0.3 is 12.1 Å². The molecule has 0 N–H and O–H groups in total. The van der Waals surface area contributed by atoms with Gasteiger partial charge in [0.15, 0.2) is 0 Å². The third-order valence-electron chi connectivity index (χ3n) is 3.48. The summed E-state index contributed by atoms with van der Waals surface area (Å²) in [4.78, 5) is 37.0. The highest BCUT2D eigenvalue weighted by Gasteiger charge is 2.30. The van der Waals surface area contributed by atoms with Crippen molar-refractivity contribution in [3.05, 3.63) is 35.9 Å². The number of para-hydroxylation sites is 1. The smallest absolute Gasteiger partial charge is 0.414 e. The standard InChI is InChI=1S/C17H19NO5/c1-3-23-16(20)11-14(19)10-13-9-8-12-6-4-5-7-15(12)18(13)17(21)22-2/h4-9,13H,3,10-11H2,1-2H3. The summed E-state index contributed by atoms with van der Waals surface area (Å²) in [6, 6.07) is 6.85. The van der Waals surface area contributed by atoms with Crippen LogP contribution in [-0.4, -0.2) is 37.6 Å². The van der Waals surface area contributed by atoms with E-state index in [-0.39, 0.29) is 25.2 Å². The SMILES string of the molecule is CCOC(=O)CC(=O)CC1C=Cc2ccccc2N1C(=O)OC. The molecule has 0 aromatic heterocycles. The van der Waals surface area contributed by atoms with E-state index in [0.717, 1.165) is 5.56 Å². The monoisotopic (exact) mass is 317 g/mol. The van der Waals surface area contributed by atoms with E-state index >= 15 is 0 Å². The first-order valence-corrected chi connectivity index (χ1v) is 7.38. The van der Waals surface area contributed by atoms with Gasteiger partial charge in [-0.05, 0) is 18.6 Å². The number of carbonyl (C=O) groups is 3. The number of anilines is 1. The van der Waals surface area contributed by atoms with Gasteiger partial charge in [-0.2, -0.15) is 0 Å². The topological polar surface area (TPSA) is 72.9 Å². The van der Waals surface area contributed by atoms with Crippen LogP contribution < -0.4 is 4.90 Å². The van der Waals surface area contributed by atoms with Crippen LogP contribution in [0.2, 0.25) is 0 Å². The van der Waals surface area contributed by atoms with E-state index in [1.807, 2.05) is 24.3 Å². The number of hydrogen-bond acceptors (Lipinski definition) is 5. The van der Waals surface area contributed by atoms with Gasteiger partial charge in [0.2, 0.25) is 0 Å². The molecular weight excluding hydrogens is 298 g/mol. The number of hydrogen-bond donors (Lipinski definition) is 0. The average molecular weight is 317 g/mol. The molecule has 1 aromatic carbocycles. The highest BCUT2D eigenvalue weighted by atomic mass is 16.5. The van der Waals surface area contributed by atoms with Crippen molar-refractivity contribution in [3.63, 3.8) is 0 Å². The maximum atomic E-state index is 12.1. The number of Topliss-reactive ketones (excluding diaryl/α,β-unsaturated/α-hetero) is 1. The van der Waals surface area contributed by atoms with Crippen LogP contribution in [-0.2, 0) is 19.1 Å². The molecule has 122 valence electrons. The Morgan fingerprint density at radius 2 is 1.96 bits per heavy atom. The lowest BCUT2D eigenvalue weighted by Gasteiger charge is -2.32. The molecule has 0 radical (unpaired) electrons. The molecule has 1 unspecified atom stereocenters. The maximum Gasteiger partial charge on any atom is 0.414 e. The molecule has 0 spiro atoms. The van der Waals surface area contributed by atoms with Gasteiger partial charge in [-0.15, -0.1) is 0 Å². The minimum absolute atomic E-state index is 0.0265. The Labute approximate surface area is 134 Å². The van der Waals surface area contributed by atoms with E-state index < -0.39 is 18.1 Å². The Morgan fingerprint density at radius 3 is 2.65 bits per heavy atom. The van der Waals surface area contributed by atoms with Crippen LogP contribution in [0, 0.1) is 0 Å². The molecule has 1 aromatic rings. The van der Waals surface area contributed by atoms with Crippen molar-refractivity contribution in [2.24, 2.45) is 0 Å². The van der Waals surface area contributed by atoms with Gasteiger partial charge in [-0.3, -0.25) is 14.5 Å². The van der Waals surface area contributed by atoms with Crippen LogP contribution in [0.4, 0.5) is 10.5 Å². The lowest BCUT2D eigenvalue weighted by atomic mass is 9.99. The summed E-state index contributed by atoms with van der Waals surface area (Å²) in [7, 11) is 1.29. The summed E-state index contributed by atoms with van der Waals surface area (Å²) in [5.74, 6) is -0.839. The van der Waals surface area contributed by atoms with Crippen LogP contribution in [0.1, 0.15) is 25.3 Å². The van der Waals surface area contributed by atoms with Crippen LogP contribution in [0.25, 0.3) is 6.08 Å². The molecule has 6 nitrogen and oxygen atoms in total. The molecule has 1 aliphatic heterocycles. The highest BCUT2D eigenvalue weighted by Crippen LogP contribution is 2.30. The number of carbonyl (C=O) groups excluding carboxylic acids is 3.